The second-order valence-corrected chi connectivity index (χ2v) is 9.96. The van der Waals surface area contributed by atoms with E-state index < -0.39 is 11.2 Å². The van der Waals surface area contributed by atoms with Crippen LogP contribution in [-0.4, -0.2) is 33.9 Å². The fraction of sp³-hybridized carbons (Fsp3) is 0.160. The number of rotatable bonds is 5. The van der Waals surface area contributed by atoms with E-state index in [1.54, 1.807) is 22.9 Å². The van der Waals surface area contributed by atoms with Gasteiger partial charge in [-0.1, -0.05) is 42.5 Å². The Kier molecular flexibility index (Phi) is 5.97. The fourth-order valence-electron chi connectivity index (χ4n) is 4.17. The van der Waals surface area contributed by atoms with E-state index in [1.165, 1.54) is 34.1 Å². The zero-order chi connectivity index (χ0) is 23.8. The van der Waals surface area contributed by atoms with Gasteiger partial charge in [0.25, 0.3) is 0 Å². The molecule has 1 aliphatic heterocycles. The summed E-state index contributed by atoms with van der Waals surface area (Å²) in [6, 6.07) is 18.1. The van der Waals surface area contributed by atoms with E-state index in [4.69, 9.17) is 10.8 Å². The number of carbonyl (C=O) groups excluding carboxylic acids is 2. The predicted molar refractivity (Wildman–Crippen MR) is 134 cm³/mol. The van der Waals surface area contributed by atoms with Crippen LogP contribution < -0.4 is 10.6 Å². The number of thioether (sulfide) groups is 1. The molecule has 2 aromatic carbocycles. The molecule has 1 atom stereocenters. The van der Waals surface area contributed by atoms with Gasteiger partial charge in [0.1, 0.15) is 23.9 Å². The molecule has 0 saturated heterocycles. The van der Waals surface area contributed by atoms with Crippen molar-refractivity contribution in [2.24, 2.45) is 5.73 Å². The van der Waals surface area contributed by atoms with Crippen LogP contribution in [0.5, 0.6) is 0 Å². The van der Waals surface area contributed by atoms with Crippen LogP contribution in [0.1, 0.15) is 21.9 Å². The standard InChI is InChI=1S/C25H21FN4O2S2/c1-15-7-2-5-10-18(15)30-25-22(23(28-30)19-11-6-12-33-19)24(16-8-3-4-9-17(16)26)34-14-21(32)29(25)13-20(27)31/h2-12,24H,13-14H2,1H3,(H2,27,31)/t24-/m1/s1. The van der Waals surface area contributed by atoms with Crippen molar-refractivity contribution in [3.05, 3.63) is 88.6 Å². The SMILES string of the molecule is Cc1ccccc1-n1nc(-c2cccs2)c2c1N(CC(N)=O)C(=O)CS[C@@H]2c1ccccc1F. The van der Waals surface area contributed by atoms with Gasteiger partial charge in [-0.3, -0.25) is 14.5 Å². The average molecular weight is 493 g/mol. The third-order valence-electron chi connectivity index (χ3n) is 5.69. The smallest absolute Gasteiger partial charge is 0.238 e. The van der Waals surface area contributed by atoms with Crippen LogP contribution >= 0.6 is 23.1 Å². The molecule has 0 unspecified atom stereocenters. The van der Waals surface area contributed by atoms with Crippen LogP contribution in [-0.2, 0) is 9.59 Å². The molecular formula is C25H21FN4O2S2. The van der Waals surface area contributed by atoms with Crippen LogP contribution in [0.2, 0.25) is 0 Å². The van der Waals surface area contributed by atoms with Crippen molar-refractivity contribution < 1.29 is 14.0 Å². The van der Waals surface area contributed by atoms with E-state index in [1.807, 2.05) is 48.7 Å². The number of fused-ring (bicyclic) bond motifs is 1. The van der Waals surface area contributed by atoms with Gasteiger partial charge in [-0.2, -0.15) is 5.10 Å². The number of benzene rings is 2. The summed E-state index contributed by atoms with van der Waals surface area (Å²) < 4.78 is 16.8. The lowest BCUT2D eigenvalue weighted by Crippen LogP contribution is -2.40. The lowest BCUT2D eigenvalue weighted by Gasteiger charge is -2.23. The van der Waals surface area contributed by atoms with Gasteiger partial charge < -0.3 is 5.73 Å². The Bertz CT molecular complexity index is 1380. The Morgan fingerprint density at radius 1 is 1.15 bits per heavy atom. The van der Waals surface area contributed by atoms with Gasteiger partial charge in [0.05, 0.1) is 21.6 Å². The molecule has 172 valence electrons. The largest absolute Gasteiger partial charge is 0.368 e. The zero-order valence-electron chi connectivity index (χ0n) is 18.3. The number of nitrogens with zero attached hydrogens (tertiary/aromatic N) is 3. The van der Waals surface area contributed by atoms with Gasteiger partial charge in [0.2, 0.25) is 11.8 Å². The first-order valence-corrected chi connectivity index (χ1v) is 12.6. The molecule has 0 spiro atoms. The molecule has 0 fully saturated rings. The van der Waals surface area contributed by atoms with E-state index >= 15 is 4.39 Å². The van der Waals surface area contributed by atoms with Crippen LogP contribution in [0.15, 0.2) is 66.0 Å². The molecule has 2 N–H and O–H groups in total. The quantitative estimate of drug-likeness (QED) is 0.438. The minimum atomic E-state index is -0.635. The molecule has 2 amide bonds. The number of aryl methyl sites for hydroxylation is 1. The molecule has 1 aliphatic rings. The number of halogens is 1. The first-order valence-electron chi connectivity index (χ1n) is 10.6. The second kappa shape index (κ2) is 9.08. The molecule has 0 radical (unpaired) electrons. The summed E-state index contributed by atoms with van der Waals surface area (Å²) in [6.45, 7) is 1.66. The number of para-hydroxylation sites is 1. The van der Waals surface area contributed by atoms with E-state index in [0.717, 1.165) is 16.1 Å². The molecule has 9 heteroatoms. The summed E-state index contributed by atoms with van der Waals surface area (Å²) >= 11 is 2.84. The summed E-state index contributed by atoms with van der Waals surface area (Å²) in [5.41, 5.74) is 9.07. The third-order valence-corrected chi connectivity index (χ3v) is 7.80. The first kappa shape index (κ1) is 22.4. The summed E-state index contributed by atoms with van der Waals surface area (Å²) in [5, 5.41) is 6.39. The lowest BCUT2D eigenvalue weighted by molar-refractivity contribution is -0.121. The Morgan fingerprint density at radius 2 is 1.91 bits per heavy atom. The topological polar surface area (TPSA) is 81.2 Å². The van der Waals surface area contributed by atoms with Crippen molar-refractivity contribution in [2.75, 3.05) is 17.2 Å². The monoisotopic (exact) mass is 492 g/mol. The Hall–Kier alpha value is -3.43. The average Bonchev–Trinajstić information content (AvgIpc) is 3.44. The highest BCUT2D eigenvalue weighted by atomic mass is 32.2. The van der Waals surface area contributed by atoms with Crippen molar-refractivity contribution >= 4 is 40.7 Å². The number of aromatic nitrogens is 2. The molecule has 4 aromatic rings. The summed E-state index contributed by atoms with van der Waals surface area (Å²) in [4.78, 5) is 27.6. The molecule has 2 aromatic heterocycles. The van der Waals surface area contributed by atoms with Gasteiger partial charge in [-0.15, -0.1) is 23.1 Å². The predicted octanol–water partition coefficient (Wildman–Crippen LogP) is 4.70. The van der Waals surface area contributed by atoms with Gasteiger partial charge >= 0.3 is 0 Å². The highest BCUT2D eigenvalue weighted by Gasteiger charge is 2.38. The normalized spacial score (nSPS) is 15.8. The van der Waals surface area contributed by atoms with Crippen molar-refractivity contribution in [2.45, 2.75) is 12.2 Å². The Balaban J connectivity index is 1.88. The highest BCUT2D eigenvalue weighted by Crippen LogP contribution is 2.49. The van der Waals surface area contributed by atoms with Crippen molar-refractivity contribution in [3.63, 3.8) is 0 Å². The minimum absolute atomic E-state index is 0.0681. The van der Waals surface area contributed by atoms with Crippen molar-refractivity contribution in [1.29, 1.82) is 0 Å². The number of thiophene rings is 1. The molecule has 3 heterocycles. The van der Waals surface area contributed by atoms with E-state index in [-0.39, 0.29) is 24.0 Å². The summed E-state index contributed by atoms with van der Waals surface area (Å²) in [7, 11) is 0. The molecule has 34 heavy (non-hydrogen) atoms. The number of carbonyl (C=O) groups is 2. The van der Waals surface area contributed by atoms with Gasteiger partial charge in [-0.05, 0) is 36.1 Å². The zero-order valence-corrected chi connectivity index (χ0v) is 19.9. The number of anilines is 1. The highest BCUT2D eigenvalue weighted by molar-refractivity contribution is 8.00. The van der Waals surface area contributed by atoms with Crippen molar-refractivity contribution in [3.8, 4) is 16.3 Å². The fourth-order valence-corrected chi connectivity index (χ4v) is 6.12. The summed E-state index contributed by atoms with van der Waals surface area (Å²) in [6.07, 6.45) is 0. The second-order valence-electron chi connectivity index (χ2n) is 7.92. The molecule has 0 aliphatic carbocycles. The number of amides is 2. The minimum Gasteiger partial charge on any atom is -0.368 e. The van der Waals surface area contributed by atoms with Gasteiger partial charge in [-0.25, -0.2) is 9.07 Å². The maximum Gasteiger partial charge on any atom is 0.238 e. The summed E-state index contributed by atoms with van der Waals surface area (Å²) in [5.74, 6) is -0.763. The lowest BCUT2D eigenvalue weighted by atomic mass is 10.0. The Morgan fingerprint density at radius 3 is 2.62 bits per heavy atom. The van der Waals surface area contributed by atoms with Gasteiger partial charge in [0, 0.05) is 11.1 Å². The molecular weight excluding hydrogens is 471 g/mol. The van der Waals surface area contributed by atoms with E-state index in [0.29, 0.717) is 22.6 Å². The van der Waals surface area contributed by atoms with Crippen molar-refractivity contribution in [1.82, 2.24) is 9.78 Å². The number of hydrogen-bond donors (Lipinski definition) is 1. The third kappa shape index (κ3) is 3.91. The van der Waals surface area contributed by atoms with E-state index in [9.17, 15) is 9.59 Å². The molecule has 0 bridgehead atoms. The van der Waals surface area contributed by atoms with E-state index in [2.05, 4.69) is 0 Å². The number of primary amides is 1. The maximum absolute atomic E-state index is 15.1. The van der Waals surface area contributed by atoms with Gasteiger partial charge in [0.15, 0.2) is 0 Å². The molecule has 6 nitrogen and oxygen atoms in total. The van der Waals surface area contributed by atoms with Crippen LogP contribution in [0.4, 0.5) is 10.2 Å². The molecule has 0 saturated carbocycles. The number of hydrogen-bond acceptors (Lipinski definition) is 5. The maximum atomic E-state index is 15.1. The number of nitrogens with two attached hydrogens (primary N) is 1. The van der Waals surface area contributed by atoms with Crippen LogP contribution in [0.25, 0.3) is 16.3 Å². The van der Waals surface area contributed by atoms with Crippen LogP contribution in [0.3, 0.4) is 0 Å². The van der Waals surface area contributed by atoms with Crippen LogP contribution in [0, 0.1) is 12.7 Å². The molecule has 5 rings (SSSR count). The Labute approximate surface area is 204 Å². The first-order chi connectivity index (χ1) is 16.5.